The van der Waals surface area contributed by atoms with E-state index >= 15 is 0 Å². The second-order valence-electron chi connectivity index (χ2n) is 5.15. The molecule has 16 heavy (non-hydrogen) atoms. The number of hydrogen-bond donors (Lipinski definition) is 1. The first-order chi connectivity index (χ1) is 7.63. The fourth-order valence-corrected chi connectivity index (χ4v) is 2.59. The van der Waals surface area contributed by atoms with Crippen LogP contribution in [0.15, 0.2) is 6.07 Å². The minimum Gasteiger partial charge on any atom is -0.372 e. The molecule has 0 aromatic carbocycles. The summed E-state index contributed by atoms with van der Waals surface area (Å²) < 4.78 is 0. The highest BCUT2D eigenvalue weighted by Gasteiger charge is 2.28. The van der Waals surface area contributed by atoms with E-state index in [4.69, 9.17) is 0 Å². The summed E-state index contributed by atoms with van der Waals surface area (Å²) in [6, 6.07) is 2.17. The van der Waals surface area contributed by atoms with Crippen molar-refractivity contribution in [1.29, 1.82) is 0 Å². The summed E-state index contributed by atoms with van der Waals surface area (Å²) in [4.78, 5) is 0. The van der Waals surface area contributed by atoms with Crippen molar-refractivity contribution in [3.05, 3.63) is 17.3 Å². The van der Waals surface area contributed by atoms with Crippen LogP contribution in [0.3, 0.4) is 0 Å². The largest absolute Gasteiger partial charge is 0.372 e. The molecule has 0 fully saturated rings. The molecule has 3 heteroatoms. The van der Waals surface area contributed by atoms with Gasteiger partial charge in [-0.3, -0.25) is 0 Å². The van der Waals surface area contributed by atoms with Crippen LogP contribution in [0, 0.1) is 5.92 Å². The Labute approximate surface area is 97.7 Å². The Morgan fingerprint density at radius 3 is 2.69 bits per heavy atom. The smallest absolute Gasteiger partial charge is 0.148 e. The van der Waals surface area contributed by atoms with Crippen LogP contribution in [0.4, 0.5) is 5.82 Å². The highest BCUT2D eigenvalue weighted by atomic mass is 15.2. The predicted molar refractivity (Wildman–Crippen MR) is 66.8 cm³/mol. The van der Waals surface area contributed by atoms with Crippen molar-refractivity contribution in [2.45, 2.75) is 45.4 Å². The van der Waals surface area contributed by atoms with Crippen LogP contribution in [-0.4, -0.2) is 17.2 Å². The third kappa shape index (κ3) is 1.91. The average Bonchev–Trinajstić information content (AvgIpc) is 2.29. The quantitative estimate of drug-likeness (QED) is 0.830. The number of nitrogens with zero attached hydrogens (tertiary/aromatic N) is 2. The minimum absolute atomic E-state index is 0.588. The Bertz CT molecular complexity index is 373. The van der Waals surface area contributed by atoms with Crippen LogP contribution < -0.4 is 5.32 Å². The predicted octanol–water partition coefficient (Wildman–Crippen LogP) is 3.16. The molecule has 2 unspecified atom stereocenters. The molecule has 0 saturated carbocycles. The number of anilines is 1. The lowest BCUT2D eigenvalue weighted by atomic mass is 9.76. The van der Waals surface area contributed by atoms with Crippen molar-refractivity contribution >= 4 is 5.82 Å². The molecule has 1 heterocycles. The average molecular weight is 219 g/mol. The monoisotopic (exact) mass is 219 g/mol. The van der Waals surface area contributed by atoms with Crippen LogP contribution in [0.2, 0.25) is 0 Å². The zero-order valence-corrected chi connectivity index (χ0v) is 10.6. The van der Waals surface area contributed by atoms with Crippen molar-refractivity contribution in [3.8, 4) is 0 Å². The van der Waals surface area contributed by atoms with Gasteiger partial charge in [0.25, 0.3) is 0 Å². The van der Waals surface area contributed by atoms with Gasteiger partial charge in [-0.15, -0.1) is 5.10 Å². The van der Waals surface area contributed by atoms with Crippen LogP contribution in [0.5, 0.6) is 0 Å². The molecule has 1 aromatic rings. The molecule has 3 nitrogen and oxygen atoms in total. The van der Waals surface area contributed by atoms with E-state index in [0.29, 0.717) is 17.8 Å². The van der Waals surface area contributed by atoms with Gasteiger partial charge in [-0.1, -0.05) is 20.8 Å². The SMILES string of the molecule is CNc1cc2c(nn1)C(C(C)C)CCC2C. The lowest BCUT2D eigenvalue weighted by Gasteiger charge is -2.30. The summed E-state index contributed by atoms with van der Waals surface area (Å²) in [5.74, 6) is 2.74. The topological polar surface area (TPSA) is 37.8 Å². The lowest BCUT2D eigenvalue weighted by Crippen LogP contribution is -2.19. The number of nitrogens with one attached hydrogen (secondary N) is 1. The van der Waals surface area contributed by atoms with Gasteiger partial charge in [0, 0.05) is 13.0 Å². The fraction of sp³-hybridized carbons (Fsp3) is 0.692. The summed E-state index contributed by atoms with van der Waals surface area (Å²) in [7, 11) is 1.89. The van der Waals surface area contributed by atoms with E-state index in [1.165, 1.54) is 24.1 Å². The lowest BCUT2D eigenvalue weighted by molar-refractivity contribution is 0.397. The fourth-order valence-electron chi connectivity index (χ4n) is 2.59. The molecule has 2 atom stereocenters. The second kappa shape index (κ2) is 4.40. The molecule has 1 aliphatic rings. The van der Waals surface area contributed by atoms with Crippen molar-refractivity contribution in [3.63, 3.8) is 0 Å². The Balaban J connectivity index is 2.43. The molecule has 0 bridgehead atoms. The molecule has 1 aromatic heterocycles. The highest BCUT2D eigenvalue weighted by Crippen LogP contribution is 2.41. The summed E-state index contributed by atoms with van der Waals surface area (Å²) in [6.45, 7) is 6.84. The van der Waals surface area contributed by atoms with Gasteiger partial charge in [-0.2, -0.15) is 5.10 Å². The van der Waals surface area contributed by atoms with Crippen molar-refractivity contribution < 1.29 is 0 Å². The van der Waals surface area contributed by atoms with Gasteiger partial charge in [-0.05, 0) is 36.3 Å². The van der Waals surface area contributed by atoms with Gasteiger partial charge < -0.3 is 5.32 Å². The van der Waals surface area contributed by atoms with Crippen LogP contribution >= 0.6 is 0 Å². The molecule has 0 saturated heterocycles. The molecule has 2 rings (SSSR count). The van der Waals surface area contributed by atoms with Gasteiger partial charge >= 0.3 is 0 Å². The standard InChI is InChI=1S/C13H21N3/c1-8(2)10-6-5-9(3)11-7-12(14-4)15-16-13(10)11/h7-10H,5-6H2,1-4H3,(H,14,15). The maximum atomic E-state index is 4.43. The number of fused-ring (bicyclic) bond motifs is 1. The summed E-state index contributed by atoms with van der Waals surface area (Å²) >= 11 is 0. The number of hydrogen-bond acceptors (Lipinski definition) is 3. The van der Waals surface area contributed by atoms with E-state index < -0.39 is 0 Å². The minimum atomic E-state index is 0.588. The molecular formula is C13H21N3. The van der Waals surface area contributed by atoms with Crippen molar-refractivity contribution in [2.24, 2.45) is 5.92 Å². The van der Waals surface area contributed by atoms with Gasteiger partial charge in [0.2, 0.25) is 0 Å². The Hall–Kier alpha value is -1.12. The van der Waals surface area contributed by atoms with E-state index in [9.17, 15) is 0 Å². The third-order valence-corrected chi connectivity index (χ3v) is 3.71. The second-order valence-corrected chi connectivity index (χ2v) is 5.15. The summed E-state index contributed by atoms with van der Waals surface area (Å²) in [6.07, 6.45) is 2.52. The van der Waals surface area contributed by atoms with E-state index in [0.717, 1.165) is 5.82 Å². The Kier molecular flexibility index (Phi) is 3.13. The van der Waals surface area contributed by atoms with Crippen LogP contribution in [0.25, 0.3) is 0 Å². The highest BCUT2D eigenvalue weighted by molar-refractivity contribution is 5.41. The maximum Gasteiger partial charge on any atom is 0.148 e. The van der Waals surface area contributed by atoms with Gasteiger partial charge in [-0.25, -0.2) is 0 Å². The van der Waals surface area contributed by atoms with Gasteiger partial charge in [0.1, 0.15) is 5.82 Å². The first-order valence-electron chi connectivity index (χ1n) is 6.18. The Morgan fingerprint density at radius 1 is 1.31 bits per heavy atom. The molecule has 0 spiro atoms. The summed E-state index contributed by atoms with van der Waals surface area (Å²) in [5.41, 5.74) is 2.62. The summed E-state index contributed by atoms with van der Waals surface area (Å²) in [5, 5.41) is 11.7. The molecular weight excluding hydrogens is 198 g/mol. The molecule has 1 N–H and O–H groups in total. The first-order valence-corrected chi connectivity index (χ1v) is 6.18. The van der Waals surface area contributed by atoms with E-state index in [1.54, 1.807) is 0 Å². The normalized spacial score (nSPS) is 24.3. The number of aromatic nitrogens is 2. The molecule has 0 radical (unpaired) electrons. The number of rotatable bonds is 2. The molecule has 0 aliphatic heterocycles. The zero-order chi connectivity index (χ0) is 11.7. The third-order valence-electron chi connectivity index (χ3n) is 3.71. The van der Waals surface area contributed by atoms with Crippen LogP contribution in [0.1, 0.15) is 56.7 Å². The first kappa shape index (κ1) is 11.4. The van der Waals surface area contributed by atoms with E-state index in [1.807, 2.05) is 7.05 Å². The molecule has 88 valence electrons. The van der Waals surface area contributed by atoms with Crippen LogP contribution in [-0.2, 0) is 0 Å². The molecule has 1 aliphatic carbocycles. The Morgan fingerprint density at radius 2 is 2.06 bits per heavy atom. The van der Waals surface area contributed by atoms with Crippen molar-refractivity contribution in [1.82, 2.24) is 10.2 Å². The van der Waals surface area contributed by atoms with Gasteiger partial charge in [0.05, 0.1) is 5.69 Å². The van der Waals surface area contributed by atoms with E-state index in [-0.39, 0.29) is 0 Å². The van der Waals surface area contributed by atoms with Crippen molar-refractivity contribution in [2.75, 3.05) is 12.4 Å². The van der Waals surface area contributed by atoms with E-state index in [2.05, 4.69) is 42.4 Å². The zero-order valence-electron chi connectivity index (χ0n) is 10.6. The van der Waals surface area contributed by atoms with Gasteiger partial charge in [0.15, 0.2) is 0 Å². The maximum absolute atomic E-state index is 4.43. The molecule has 0 amide bonds.